The fourth-order valence-electron chi connectivity index (χ4n) is 2.10. The first-order valence-electron chi connectivity index (χ1n) is 6.83. The van der Waals surface area contributed by atoms with Crippen LogP contribution in [0.1, 0.15) is 47.5 Å². The molecule has 0 radical (unpaired) electrons. The molecule has 0 fully saturated rings. The molecule has 0 aromatic carbocycles. The third kappa shape index (κ3) is 4.94. The molecule has 18 heavy (non-hydrogen) atoms. The highest BCUT2D eigenvalue weighted by Crippen LogP contribution is 2.18. The Bertz CT molecular complexity index is 256. The normalized spacial score (nSPS) is 16.7. The lowest BCUT2D eigenvalue weighted by Crippen LogP contribution is -2.54. The number of methoxy groups -OCH3 is 1. The van der Waals surface area contributed by atoms with E-state index in [0.717, 1.165) is 19.4 Å². The van der Waals surface area contributed by atoms with Crippen molar-refractivity contribution in [2.75, 3.05) is 20.7 Å². The molecular weight excluding hydrogens is 228 g/mol. The second-order valence-electron chi connectivity index (χ2n) is 5.56. The lowest BCUT2D eigenvalue weighted by molar-refractivity contribution is -0.148. The molecule has 0 heterocycles. The van der Waals surface area contributed by atoms with Gasteiger partial charge in [0.05, 0.1) is 7.11 Å². The van der Waals surface area contributed by atoms with Gasteiger partial charge in [-0.05, 0) is 54.1 Å². The van der Waals surface area contributed by atoms with Crippen molar-refractivity contribution in [2.24, 2.45) is 0 Å². The van der Waals surface area contributed by atoms with Gasteiger partial charge in [-0.3, -0.25) is 4.79 Å². The van der Waals surface area contributed by atoms with Crippen molar-refractivity contribution in [3.05, 3.63) is 0 Å². The Morgan fingerprint density at radius 2 is 1.94 bits per heavy atom. The number of carbonyl (C=O) groups excluding carboxylic acids is 1. The van der Waals surface area contributed by atoms with E-state index in [1.54, 1.807) is 0 Å². The van der Waals surface area contributed by atoms with E-state index < -0.39 is 5.54 Å². The number of esters is 1. The molecule has 4 nitrogen and oxygen atoms in total. The summed E-state index contributed by atoms with van der Waals surface area (Å²) in [5, 5.41) is 3.32. The second-order valence-corrected chi connectivity index (χ2v) is 5.56. The summed E-state index contributed by atoms with van der Waals surface area (Å²) in [7, 11) is 3.54. The Morgan fingerprint density at radius 1 is 1.39 bits per heavy atom. The van der Waals surface area contributed by atoms with Crippen LogP contribution in [-0.2, 0) is 9.53 Å². The minimum Gasteiger partial charge on any atom is -0.468 e. The molecule has 0 aliphatic rings. The first-order chi connectivity index (χ1) is 8.28. The van der Waals surface area contributed by atoms with E-state index in [2.05, 4.69) is 45.0 Å². The maximum atomic E-state index is 12.0. The van der Waals surface area contributed by atoms with Crippen molar-refractivity contribution in [1.82, 2.24) is 10.2 Å². The summed E-state index contributed by atoms with van der Waals surface area (Å²) >= 11 is 0. The minimum absolute atomic E-state index is 0.181. The molecule has 0 saturated heterocycles. The third-order valence-electron chi connectivity index (χ3n) is 3.61. The molecule has 0 bridgehead atoms. The van der Waals surface area contributed by atoms with Crippen molar-refractivity contribution >= 4 is 5.97 Å². The molecule has 0 amide bonds. The number of carbonyl (C=O) groups is 1. The minimum atomic E-state index is -0.604. The summed E-state index contributed by atoms with van der Waals surface area (Å²) in [4.78, 5) is 14.2. The molecule has 0 aromatic rings. The molecule has 2 atom stereocenters. The van der Waals surface area contributed by atoms with Crippen molar-refractivity contribution in [3.8, 4) is 0 Å². The van der Waals surface area contributed by atoms with Crippen LogP contribution in [-0.4, -0.2) is 49.2 Å². The van der Waals surface area contributed by atoms with E-state index >= 15 is 0 Å². The maximum Gasteiger partial charge on any atom is 0.325 e. The highest BCUT2D eigenvalue weighted by molar-refractivity contribution is 5.80. The average molecular weight is 258 g/mol. The number of ether oxygens (including phenoxy) is 1. The SMILES string of the molecule is CCCNC(C)(CC(C)N(C)C(C)C)C(=O)OC. The molecule has 0 spiro atoms. The molecule has 0 aromatic heterocycles. The second kappa shape index (κ2) is 7.74. The van der Waals surface area contributed by atoms with Gasteiger partial charge in [-0.1, -0.05) is 6.92 Å². The quantitative estimate of drug-likeness (QED) is 0.677. The van der Waals surface area contributed by atoms with Crippen molar-refractivity contribution in [2.45, 2.75) is 65.1 Å². The Labute approximate surface area is 112 Å². The van der Waals surface area contributed by atoms with Crippen LogP contribution >= 0.6 is 0 Å². The third-order valence-corrected chi connectivity index (χ3v) is 3.61. The Hall–Kier alpha value is -0.610. The monoisotopic (exact) mass is 258 g/mol. The van der Waals surface area contributed by atoms with Crippen LogP contribution in [0.2, 0.25) is 0 Å². The highest BCUT2D eigenvalue weighted by atomic mass is 16.5. The van der Waals surface area contributed by atoms with E-state index in [1.165, 1.54) is 7.11 Å². The lowest BCUT2D eigenvalue weighted by Gasteiger charge is -2.36. The van der Waals surface area contributed by atoms with Crippen molar-refractivity contribution < 1.29 is 9.53 Å². The number of nitrogens with one attached hydrogen (secondary N) is 1. The molecule has 0 aliphatic heterocycles. The average Bonchev–Trinajstić information content (AvgIpc) is 2.33. The summed E-state index contributed by atoms with van der Waals surface area (Å²) in [6.07, 6.45) is 1.75. The Balaban J connectivity index is 4.73. The molecule has 108 valence electrons. The zero-order valence-corrected chi connectivity index (χ0v) is 13.0. The van der Waals surface area contributed by atoms with Crippen LogP contribution in [0.25, 0.3) is 0 Å². The van der Waals surface area contributed by atoms with Crippen LogP contribution < -0.4 is 5.32 Å². The maximum absolute atomic E-state index is 12.0. The molecule has 0 saturated carbocycles. The number of hydrogen-bond acceptors (Lipinski definition) is 4. The van der Waals surface area contributed by atoms with Gasteiger partial charge in [0.1, 0.15) is 5.54 Å². The molecule has 4 heteroatoms. The Morgan fingerprint density at radius 3 is 2.33 bits per heavy atom. The van der Waals surface area contributed by atoms with Crippen LogP contribution in [0, 0.1) is 0 Å². The standard InChI is InChI=1S/C14H30N2O2/c1-8-9-15-14(5,13(17)18-7)10-12(4)16(6)11(2)3/h11-12,15H,8-10H2,1-7H3. The molecule has 0 rings (SSSR count). The Kier molecular flexibility index (Phi) is 7.48. The van der Waals surface area contributed by atoms with Gasteiger partial charge in [-0.2, -0.15) is 0 Å². The topological polar surface area (TPSA) is 41.6 Å². The summed E-state index contributed by atoms with van der Waals surface area (Å²) < 4.78 is 4.93. The van der Waals surface area contributed by atoms with Gasteiger partial charge in [0.25, 0.3) is 0 Å². The number of nitrogens with zero attached hydrogens (tertiary/aromatic N) is 1. The van der Waals surface area contributed by atoms with Crippen LogP contribution in [0.4, 0.5) is 0 Å². The summed E-state index contributed by atoms with van der Waals surface area (Å²) in [5.41, 5.74) is -0.604. The van der Waals surface area contributed by atoms with Gasteiger partial charge >= 0.3 is 5.97 Å². The molecule has 1 N–H and O–H groups in total. The predicted octanol–water partition coefficient (Wildman–Crippen LogP) is 2.04. The zero-order chi connectivity index (χ0) is 14.3. The van der Waals surface area contributed by atoms with E-state index in [9.17, 15) is 4.79 Å². The van der Waals surface area contributed by atoms with Crippen LogP contribution in [0.3, 0.4) is 0 Å². The van der Waals surface area contributed by atoms with E-state index in [1.807, 2.05) is 6.92 Å². The van der Waals surface area contributed by atoms with Gasteiger partial charge in [-0.15, -0.1) is 0 Å². The first-order valence-corrected chi connectivity index (χ1v) is 6.83. The van der Waals surface area contributed by atoms with E-state index in [0.29, 0.717) is 12.1 Å². The van der Waals surface area contributed by atoms with Crippen molar-refractivity contribution in [3.63, 3.8) is 0 Å². The fraction of sp³-hybridized carbons (Fsp3) is 0.929. The highest BCUT2D eigenvalue weighted by Gasteiger charge is 2.36. The van der Waals surface area contributed by atoms with E-state index in [4.69, 9.17) is 4.74 Å². The van der Waals surface area contributed by atoms with Crippen LogP contribution in [0.5, 0.6) is 0 Å². The summed E-state index contributed by atoms with van der Waals surface area (Å²) in [6.45, 7) is 11.3. The van der Waals surface area contributed by atoms with Gasteiger partial charge < -0.3 is 15.0 Å². The van der Waals surface area contributed by atoms with Gasteiger partial charge in [0, 0.05) is 12.1 Å². The van der Waals surface area contributed by atoms with E-state index in [-0.39, 0.29) is 5.97 Å². The predicted molar refractivity (Wildman–Crippen MR) is 75.7 cm³/mol. The van der Waals surface area contributed by atoms with Gasteiger partial charge in [0.2, 0.25) is 0 Å². The smallest absolute Gasteiger partial charge is 0.325 e. The zero-order valence-electron chi connectivity index (χ0n) is 13.0. The van der Waals surface area contributed by atoms with Crippen LogP contribution in [0.15, 0.2) is 0 Å². The molecule has 2 unspecified atom stereocenters. The largest absolute Gasteiger partial charge is 0.468 e. The van der Waals surface area contributed by atoms with Gasteiger partial charge in [-0.25, -0.2) is 0 Å². The first kappa shape index (κ1) is 17.4. The summed E-state index contributed by atoms with van der Waals surface area (Å²) in [5.74, 6) is -0.181. The molecular formula is C14H30N2O2. The fourth-order valence-corrected chi connectivity index (χ4v) is 2.10. The lowest BCUT2D eigenvalue weighted by atomic mass is 9.92. The number of rotatable bonds is 8. The van der Waals surface area contributed by atoms with Crippen molar-refractivity contribution in [1.29, 1.82) is 0 Å². The summed E-state index contributed by atoms with van der Waals surface area (Å²) in [6, 6.07) is 0.784. The van der Waals surface area contributed by atoms with Gasteiger partial charge in [0.15, 0.2) is 0 Å². The molecule has 0 aliphatic carbocycles. The number of hydrogen-bond donors (Lipinski definition) is 1.